The van der Waals surface area contributed by atoms with Gasteiger partial charge in [0.1, 0.15) is 18.0 Å². The summed E-state index contributed by atoms with van der Waals surface area (Å²) in [7, 11) is 0. The number of fused-ring (bicyclic) bond motifs is 1. The van der Waals surface area contributed by atoms with E-state index in [9.17, 15) is 4.79 Å². The van der Waals surface area contributed by atoms with Gasteiger partial charge in [-0.2, -0.15) is 5.10 Å². The first kappa shape index (κ1) is 23.4. The van der Waals surface area contributed by atoms with E-state index in [4.69, 9.17) is 4.74 Å². The molecule has 0 radical (unpaired) electrons. The molecule has 2 aromatic carbocycles. The van der Waals surface area contributed by atoms with Crippen molar-refractivity contribution in [2.24, 2.45) is 0 Å². The SMILES string of the molecule is Cc1ccc2nc(COc3cccc(C(=O)NCc4c(C)nn(Cc5ccccc5)c4C)c3)cn2c1. The van der Waals surface area contributed by atoms with Crippen molar-refractivity contribution in [2.45, 2.75) is 40.5 Å². The molecule has 0 saturated carbocycles. The number of benzene rings is 2. The van der Waals surface area contributed by atoms with Crippen molar-refractivity contribution in [3.63, 3.8) is 0 Å². The number of carbonyl (C=O) groups excluding carboxylic acids is 1. The van der Waals surface area contributed by atoms with Crippen LogP contribution in [0.5, 0.6) is 5.75 Å². The summed E-state index contributed by atoms with van der Waals surface area (Å²) in [6, 6.07) is 21.5. The monoisotopic (exact) mass is 479 g/mol. The Labute approximate surface area is 210 Å². The van der Waals surface area contributed by atoms with Crippen LogP contribution in [0.3, 0.4) is 0 Å². The number of pyridine rings is 1. The molecule has 0 aliphatic carbocycles. The number of amides is 1. The Balaban J connectivity index is 1.21. The Kier molecular flexibility index (Phi) is 6.54. The number of carbonyl (C=O) groups is 1. The van der Waals surface area contributed by atoms with Crippen LogP contribution in [-0.2, 0) is 19.7 Å². The summed E-state index contributed by atoms with van der Waals surface area (Å²) in [5.74, 6) is 0.470. The Hall–Kier alpha value is -4.39. The van der Waals surface area contributed by atoms with E-state index >= 15 is 0 Å². The van der Waals surface area contributed by atoms with Crippen LogP contribution in [0.1, 0.15) is 44.1 Å². The summed E-state index contributed by atoms with van der Waals surface area (Å²) >= 11 is 0. The average molecular weight is 480 g/mol. The summed E-state index contributed by atoms with van der Waals surface area (Å²) in [6.45, 7) is 7.50. The first-order valence-electron chi connectivity index (χ1n) is 12.0. The second kappa shape index (κ2) is 10.1. The largest absolute Gasteiger partial charge is 0.487 e. The normalized spacial score (nSPS) is 11.1. The lowest BCUT2D eigenvalue weighted by Gasteiger charge is -2.09. The molecule has 0 saturated heterocycles. The molecule has 7 nitrogen and oxygen atoms in total. The molecule has 5 rings (SSSR count). The number of nitrogens with one attached hydrogen (secondary N) is 1. The van der Waals surface area contributed by atoms with Crippen LogP contribution >= 0.6 is 0 Å². The smallest absolute Gasteiger partial charge is 0.251 e. The maximum Gasteiger partial charge on any atom is 0.251 e. The van der Waals surface area contributed by atoms with Gasteiger partial charge in [0.15, 0.2) is 0 Å². The molecule has 3 heterocycles. The molecule has 36 heavy (non-hydrogen) atoms. The molecule has 182 valence electrons. The van der Waals surface area contributed by atoms with Crippen LogP contribution in [0.4, 0.5) is 0 Å². The summed E-state index contributed by atoms with van der Waals surface area (Å²) < 4.78 is 9.91. The second-order valence-electron chi connectivity index (χ2n) is 9.00. The van der Waals surface area contributed by atoms with E-state index in [2.05, 4.69) is 27.5 Å². The van der Waals surface area contributed by atoms with E-state index < -0.39 is 0 Å². The third-order valence-electron chi connectivity index (χ3n) is 6.26. The minimum Gasteiger partial charge on any atom is -0.487 e. The molecule has 0 aliphatic heterocycles. The van der Waals surface area contributed by atoms with Gasteiger partial charge in [-0.3, -0.25) is 9.48 Å². The van der Waals surface area contributed by atoms with Crippen molar-refractivity contribution < 1.29 is 9.53 Å². The van der Waals surface area contributed by atoms with Gasteiger partial charge in [0.25, 0.3) is 5.91 Å². The number of hydrogen-bond acceptors (Lipinski definition) is 4. The summed E-state index contributed by atoms with van der Waals surface area (Å²) in [4.78, 5) is 17.5. The van der Waals surface area contributed by atoms with Crippen molar-refractivity contribution in [3.8, 4) is 5.75 Å². The molecule has 1 N–H and O–H groups in total. The first-order valence-corrected chi connectivity index (χ1v) is 12.0. The zero-order valence-electron chi connectivity index (χ0n) is 20.7. The zero-order chi connectivity index (χ0) is 25.1. The minimum atomic E-state index is -0.154. The highest BCUT2D eigenvalue weighted by molar-refractivity contribution is 5.94. The van der Waals surface area contributed by atoms with E-state index in [0.717, 1.165) is 28.3 Å². The summed E-state index contributed by atoms with van der Waals surface area (Å²) in [5.41, 5.74) is 7.62. The fourth-order valence-corrected chi connectivity index (χ4v) is 4.28. The number of hydrogen-bond donors (Lipinski definition) is 1. The summed E-state index contributed by atoms with van der Waals surface area (Å²) in [5, 5.41) is 7.72. The molecular formula is C29H29N5O2. The second-order valence-corrected chi connectivity index (χ2v) is 9.00. The van der Waals surface area contributed by atoms with Crippen molar-refractivity contribution in [1.29, 1.82) is 0 Å². The van der Waals surface area contributed by atoms with E-state index in [0.29, 0.717) is 31.0 Å². The van der Waals surface area contributed by atoms with Gasteiger partial charge >= 0.3 is 0 Å². The van der Waals surface area contributed by atoms with Crippen molar-refractivity contribution in [3.05, 3.63) is 118 Å². The Bertz CT molecular complexity index is 1520. The lowest BCUT2D eigenvalue weighted by atomic mass is 10.1. The van der Waals surface area contributed by atoms with Crippen LogP contribution in [0.2, 0.25) is 0 Å². The third kappa shape index (κ3) is 5.15. The Morgan fingerprint density at radius 1 is 0.972 bits per heavy atom. The lowest BCUT2D eigenvalue weighted by Crippen LogP contribution is -2.23. The first-order chi connectivity index (χ1) is 17.5. The molecule has 0 unspecified atom stereocenters. The standard InChI is InChI=1S/C29H29N5O2/c1-20-12-13-28-31-25(18-33(28)16-20)19-36-26-11-7-10-24(14-26)29(35)30-15-27-21(2)32-34(22(27)3)17-23-8-5-4-6-9-23/h4-14,16,18H,15,17,19H2,1-3H3,(H,30,35). The van der Waals surface area contributed by atoms with Crippen LogP contribution in [0.25, 0.3) is 5.65 Å². The number of aryl methyl sites for hydroxylation is 2. The molecule has 0 spiro atoms. The van der Waals surface area contributed by atoms with Crippen LogP contribution in [-0.4, -0.2) is 25.1 Å². The maximum absolute atomic E-state index is 12.9. The van der Waals surface area contributed by atoms with Crippen LogP contribution in [0, 0.1) is 20.8 Å². The van der Waals surface area contributed by atoms with Gasteiger partial charge < -0.3 is 14.5 Å². The molecule has 1 amide bonds. The lowest BCUT2D eigenvalue weighted by molar-refractivity contribution is 0.0950. The van der Waals surface area contributed by atoms with Gasteiger partial charge in [-0.1, -0.05) is 42.5 Å². The highest BCUT2D eigenvalue weighted by Crippen LogP contribution is 2.18. The predicted molar refractivity (Wildman–Crippen MR) is 139 cm³/mol. The fraction of sp³-hybridized carbons (Fsp3) is 0.207. The van der Waals surface area contributed by atoms with Crippen LogP contribution < -0.4 is 10.1 Å². The van der Waals surface area contributed by atoms with Gasteiger partial charge in [-0.25, -0.2) is 4.98 Å². The molecule has 5 aromatic rings. The number of nitrogens with zero attached hydrogens (tertiary/aromatic N) is 4. The number of imidazole rings is 1. The van der Waals surface area contributed by atoms with Gasteiger partial charge in [-0.15, -0.1) is 0 Å². The van der Waals surface area contributed by atoms with E-state index in [-0.39, 0.29) is 5.91 Å². The van der Waals surface area contributed by atoms with Gasteiger partial charge in [-0.05, 0) is 56.2 Å². The topological polar surface area (TPSA) is 73.4 Å². The average Bonchev–Trinajstić information content (AvgIpc) is 3.41. The Morgan fingerprint density at radius 3 is 2.64 bits per heavy atom. The van der Waals surface area contributed by atoms with Crippen LogP contribution in [0.15, 0.2) is 79.1 Å². The van der Waals surface area contributed by atoms with Gasteiger partial charge in [0.2, 0.25) is 0 Å². The molecule has 0 bridgehead atoms. The number of ether oxygens (including phenoxy) is 1. The van der Waals surface area contributed by atoms with Crippen molar-refractivity contribution in [1.82, 2.24) is 24.5 Å². The van der Waals surface area contributed by atoms with E-state index in [1.165, 1.54) is 11.1 Å². The molecular weight excluding hydrogens is 450 g/mol. The van der Waals surface area contributed by atoms with Gasteiger partial charge in [0, 0.05) is 35.8 Å². The van der Waals surface area contributed by atoms with Crippen molar-refractivity contribution in [2.75, 3.05) is 0 Å². The van der Waals surface area contributed by atoms with Crippen molar-refractivity contribution >= 4 is 11.6 Å². The van der Waals surface area contributed by atoms with E-state index in [1.807, 2.05) is 84.7 Å². The minimum absolute atomic E-state index is 0.154. The molecule has 0 aliphatic rings. The molecule has 7 heteroatoms. The fourth-order valence-electron chi connectivity index (χ4n) is 4.28. The third-order valence-corrected chi connectivity index (χ3v) is 6.26. The highest BCUT2D eigenvalue weighted by Gasteiger charge is 2.14. The summed E-state index contributed by atoms with van der Waals surface area (Å²) in [6.07, 6.45) is 3.99. The zero-order valence-corrected chi connectivity index (χ0v) is 20.7. The maximum atomic E-state index is 12.9. The Morgan fingerprint density at radius 2 is 1.81 bits per heavy atom. The molecule has 0 atom stereocenters. The van der Waals surface area contributed by atoms with Gasteiger partial charge in [0.05, 0.1) is 17.9 Å². The quantitative estimate of drug-likeness (QED) is 0.339. The number of aromatic nitrogens is 4. The molecule has 0 fully saturated rings. The molecule has 3 aromatic heterocycles. The predicted octanol–water partition coefficient (Wildman–Crippen LogP) is 5.01. The van der Waals surface area contributed by atoms with E-state index in [1.54, 1.807) is 12.1 Å². The number of rotatable bonds is 8. The highest BCUT2D eigenvalue weighted by atomic mass is 16.5.